The van der Waals surface area contributed by atoms with Crippen molar-refractivity contribution < 1.29 is 18.9 Å². The third-order valence-electron chi connectivity index (χ3n) is 4.48. The fraction of sp³-hybridized carbons (Fsp3) is 0.0476. The predicted molar refractivity (Wildman–Crippen MR) is 115 cm³/mol. The molecule has 0 spiro atoms. The number of furan rings is 1. The summed E-state index contributed by atoms with van der Waals surface area (Å²) >= 11 is 5.33. The second-order valence-corrected chi connectivity index (χ2v) is 6.69. The van der Waals surface area contributed by atoms with Gasteiger partial charge in [0.2, 0.25) is 0 Å². The Morgan fingerprint density at radius 1 is 1.13 bits per heavy atom. The first-order valence-corrected chi connectivity index (χ1v) is 9.23. The van der Waals surface area contributed by atoms with Crippen molar-refractivity contribution in [2.24, 2.45) is 0 Å². The molecular weight excluding hydrogens is 406 g/mol. The first-order chi connectivity index (χ1) is 14.5. The lowest BCUT2D eigenvalue weighted by Gasteiger charge is -2.17. The Balaban J connectivity index is 1.59. The van der Waals surface area contributed by atoms with E-state index in [9.17, 15) is 14.9 Å². The van der Waals surface area contributed by atoms with Crippen LogP contribution < -0.4 is 15.0 Å². The van der Waals surface area contributed by atoms with Gasteiger partial charge < -0.3 is 14.5 Å². The number of methoxy groups -OCH3 is 1. The standard InChI is InChI=1S/C21H15N3O5S/c1-28-19-5-3-2-4-17(19)23-20(25)16(22-21(23)30)12-15-10-11-18(29-15)13-6-8-14(9-7-13)24(26)27/h2-12H,1H3,(H,22,30). The highest BCUT2D eigenvalue weighted by atomic mass is 32.1. The van der Waals surface area contributed by atoms with Gasteiger partial charge in [0.15, 0.2) is 5.11 Å². The number of benzene rings is 2. The van der Waals surface area contributed by atoms with Crippen LogP contribution in [0, 0.1) is 10.1 Å². The van der Waals surface area contributed by atoms with Crippen molar-refractivity contribution in [3.8, 4) is 17.1 Å². The molecule has 1 fully saturated rings. The van der Waals surface area contributed by atoms with Gasteiger partial charge in [-0.15, -0.1) is 0 Å². The Bertz CT molecular complexity index is 1180. The topological polar surface area (TPSA) is 97.8 Å². The Kier molecular flexibility index (Phi) is 5.03. The summed E-state index contributed by atoms with van der Waals surface area (Å²) in [5.74, 6) is 1.14. The van der Waals surface area contributed by atoms with Crippen molar-refractivity contribution in [2.75, 3.05) is 12.0 Å². The van der Waals surface area contributed by atoms with Gasteiger partial charge in [-0.2, -0.15) is 0 Å². The summed E-state index contributed by atoms with van der Waals surface area (Å²) in [4.78, 5) is 24.6. The fourth-order valence-corrected chi connectivity index (χ4v) is 3.33. The highest BCUT2D eigenvalue weighted by Gasteiger charge is 2.33. The highest BCUT2D eigenvalue weighted by Crippen LogP contribution is 2.32. The molecule has 2 heterocycles. The van der Waals surface area contributed by atoms with Crippen molar-refractivity contribution in [1.82, 2.24) is 5.32 Å². The van der Waals surface area contributed by atoms with Gasteiger partial charge in [0.1, 0.15) is 23.0 Å². The molecule has 8 nitrogen and oxygen atoms in total. The second kappa shape index (κ2) is 7.80. The van der Waals surface area contributed by atoms with Gasteiger partial charge in [-0.25, -0.2) is 4.90 Å². The van der Waals surface area contributed by atoms with Gasteiger partial charge in [-0.1, -0.05) is 12.1 Å². The Hall–Kier alpha value is -3.98. The van der Waals surface area contributed by atoms with E-state index in [-0.39, 0.29) is 22.4 Å². The van der Waals surface area contributed by atoms with E-state index in [0.717, 1.165) is 0 Å². The lowest BCUT2D eigenvalue weighted by atomic mass is 10.1. The zero-order chi connectivity index (χ0) is 21.3. The van der Waals surface area contributed by atoms with Crippen LogP contribution in [0.2, 0.25) is 0 Å². The number of non-ortho nitro benzene ring substituents is 1. The number of carbonyl (C=O) groups is 1. The number of nitrogens with one attached hydrogen (secondary N) is 1. The van der Waals surface area contributed by atoms with Crippen molar-refractivity contribution in [3.05, 3.63) is 82.2 Å². The fourth-order valence-electron chi connectivity index (χ4n) is 3.04. The van der Waals surface area contributed by atoms with Crippen molar-refractivity contribution in [1.29, 1.82) is 0 Å². The molecule has 0 aliphatic carbocycles. The smallest absolute Gasteiger partial charge is 0.281 e. The van der Waals surface area contributed by atoms with E-state index in [2.05, 4.69) is 5.32 Å². The molecule has 1 N–H and O–H groups in total. The van der Waals surface area contributed by atoms with Crippen LogP contribution in [-0.4, -0.2) is 23.1 Å². The minimum atomic E-state index is -0.463. The highest BCUT2D eigenvalue weighted by molar-refractivity contribution is 7.80. The molecule has 150 valence electrons. The molecule has 0 unspecified atom stereocenters. The Morgan fingerprint density at radius 2 is 1.87 bits per heavy atom. The first-order valence-electron chi connectivity index (χ1n) is 8.83. The molecule has 0 bridgehead atoms. The Morgan fingerprint density at radius 3 is 2.57 bits per heavy atom. The summed E-state index contributed by atoms with van der Waals surface area (Å²) in [6.45, 7) is 0. The second-order valence-electron chi connectivity index (χ2n) is 6.31. The van der Waals surface area contributed by atoms with Crippen LogP contribution in [0.1, 0.15) is 5.76 Å². The van der Waals surface area contributed by atoms with Gasteiger partial charge in [0, 0.05) is 23.8 Å². The molecule has 0 atom stereocenters. The predicted octanol–water partition coefficient (Wildman–Crippen LogP) is 4.13. The molecule has 1 aliphatic heterocycles. The molecule has 3 aromatic rings. The zero-order valence-corrected chi connectivity index (χ0v) is 16.5. The van der Waals surface area contributed by atoms with Gasteiger partial charge in [0.05, 0.1) is 17.7 Å². The third kappa shape index (κ3) is 3.53. The minimum absolute atomic E-state index is 0.00153. The number of carbonyl (C=O) groups excluding carboxylic acids is 1. The number of amides is 1. The summed E-state index contributed by atoms with van der Waals surface area (Å²) in [6, 6.07) is 16.5. The average molecular weight is 421 g/mol. The largest absolute Gasteiger partial charge is 0.495 e. The number of nitrogens with zero attached hydrogens (tertiary/aromatic N) is 2. The molecule has 1 aliphatic rings. The van der Waals surface area contributed by atoms with Crippen LogP contribution in [0.15, 0.2) is 70.8 Å². The summed E-state index contributed by atoms with van der Waals surface area (Å²) in [5.41, 5.74) is 1.48. The molecule has 9 heteroatoms. The first kappa shape index (κ1) is 19.3. The zero-order valence-electron chi connectivity index (χ0n) is 15.7. The maximum absolute atomic E-state index is 12.9. The van der Waals surface area contributed by atoms with E-state index in [1.807, 2.05) is 0 Å². The number of nitro benzene ring substituents is 1. The number of nitro groups is 1. The van der Waals surface area contributed by atoms with Gasteiger partial charge >= 0.3 is 0 Å². The maximum atomic E-state index is 12.9. The van der Waals surface area contributed by atoms with E-state index >= 15 is 0 Å². The molecule has 4 rings (SSSR count). The molecule has 0 radical (unpaired) electrons. The van der Waals surface area contributed by atoms with Crippen molar-refractivity contribution in [2.45, 2.75) is 0 Å². The van der Waals surface area contributed by atoms with Crippen LogP contribution in [0.25, 0.3) is 17.4 Å². The van der Waals surface area contributed by atoms with Crippen LogP contribution in [0.3, 0.4) is 0 Å². The number of para-hydroxylation sites is 2. The lowest BCUT2D eigenvalue weighted by molar-refractivity contribution is -0.384. The molecule has 2 aromatic carbocycles. The van der Waals surface area contributed by atoms with Gasteiger partial charge in [0.25, 0.3) is 11.6 Å². The van der Waals surface area contributed by atoms with E-state index in [4.69, 9.17) is 21.4 Å². The number of hydrogen-bond acceptors (Lipinski definition) is 6. The normalized spacial score (nSPS) is 14.8. The molecule has 30 heavy (non-hydrogen) atoms. The minimum Gasteiger partial charge on any atom is -0.495 e. The summed E-state index contributed by atoms with van der Waals surface area (Å²) in [7, 11) is 1.52. The van der Waals surface area contributed by atoms with E-state index in [0.29, 0.717) is 28.5 Å². The quantitative estimate of drug-likeness (QED) is 0.286. The number of hydrogen-bond donors (Lipinski definition) is 1. The molecule has 1 amide bonds. The molecule has 1 saturated heterocycles. The van der Waals surface area contributed by atoms with Crippen LogP contribution >= 0.6 is 12.2 Å². The number of thiocarbonyl (C=S) groups is 1. The van der Waals surface area contributed by atoms with Gasteiger partial charge in [-0.3, -0.25) is 14.9 Å². The number of rotatable bonds is 5. The Labute approximate surface area is 176 Å². The number of anilines is 1. The third-order valence-corrected chi connectivity index (χ3v) is 4.76. The molecule has 0 saturated carbocycles. The molecular formula is C21H15N3O5S. The SMILES string of the molecule is COc1ccccc1N1C(=O)C(=Cc2ccc(-c3ccc([N+](=O)[O-])cc3)o2)NC1=S. The molecule has 1 aromatic heterocycles. The van der Waals surface area contributed by atoms with E-state index in [1.54, 1.807) is 54.6 Å². The van der Waals surface area contributed by atoms with Crippen LogP contribution in [0.4, 0.5) is 11.4 Å². The van der Waals surface area contributed by atoms with Crippen molar-refractivity contribution >= 4 is 40.7 Å². The summed E-state index contributed by atoms with van der Waals surface area (Å²) in [5, 5.41) is 13.9. The lowest BCUT2D eigenvalue weighted by Crippen LogP contribution is -2.30. The van der Waals surface area contributed by atoms with E-state index in [1.165, 1.54) is 24.1 Å². The van der Waals surface area contributed by atoms with Crippen LogP contribution in [-0.2, 0) is 4.79 Å². The summed E-state index contributed by atoms with van der Waals surface area (Å²) < 4.78 is 11.1. The van der Waals surface area contributed by atoms with Crippen molar-refractivity contribution in [3.63, 3.8) is 0 Å². The maximum Gasteiger partial charge on any atom is 0.281 e. The number of ether oxygens (including phenoxy) is 1. The van der Waals surface area contributed by atoms with Crippen LogP contribution in [0.5, 0.6) is 5.75 Å². The monoisotopic (exact) mass is 421 g/mol. The van der Waals surface area contributed by atoms with Gasteiger partial charge in [-0.05, 0) is 48.6 Å². The van der Waals surface area contributed by atoms with E-state index < -0.39 is 4.92 Å². The average Bonchev–Trinajstić information content (AvgIpc) is 3.32. The summed E-state index contributed by atoms with van der Waals surface area (Å²) in [6.07, 6.45) is 1.55.